The normalized spacial score (nSPS) is 17.5. The van der Waals surface area contributed by atoms with Gasteiger partial charge in [0.2, 0.25) is 15.9 Å². The minimum Gasteiger partial charge on any atom is -0.368 e. The van der Waals surface area contributed by atoms with Crippen LogP contribution >= 0.6 is 0 Å². The number of piperidine rings is 1. The van der Waals surface area contributed by atoms with Crippen molar-refractivity contribution in [3.8, 4) is 0 Å². The van der Waals surface area contributed by atoms with E-state index in [0.29, 0.717) is 30.7 Å². The molecule has 3 rings (SSSR count). The van der Waals surface area contributed by atoms with Crippen molar-refractivity contribution in [3.63, 3.8) is 0 Å². The number of anilines is 1. The first-order valence-electron chi connectivity index (χ1n) is 7.68. The molecule has 26 heavy (non-hydrogen) atoms. The second kappa shape index (κ2) is 6.54. The molecule has 0 unspecified atom stereocenters. The van der Waals surface area contributed by atoms with Gasteiger partial charge in [0.15, 0.2) is 0 Å². The van der Waals surface area contributed by atoms with E-state index in [4.69, 9.17) is 10.3 Å². The van der Waals surface area contributed by atoms with Crippen LogP contribution in [0, 0.1) is 5.82 Å². The molecule has 1 fully saturated rings. The Hall–Kier alpha value is -2.14. The van der Waals surface area contributed by atoms with E-state index >= 15 is 0 Å². The van der Waals surface area contributed by atoms with Gasteiger partial charge in [-0.25, -0.2) is 12.8 Å². The Kier molecular flexibility index (Phi) is 4.69. The number of benzene rings is 1. The van der Waals surface area contributed by atoms with E-state index in [1.54, 1.807) is 6.07 Å². The summed E-state index contributed by atoms with van der Waals surface area (Å²) in [5.74, 6) is -1.49. The minimum absolute atomic E-state index is 0.0353. The number of nitrogens with zero attached hydrogens (tertiary/aromatic N) is 2. The van der Waals surface area contributed by atoms with Gasteiger partial charge >= 0.3 is 6.18 Å². The summed E-state index contributed by atoms with van der Waals surface area (Å²) in [6, 6.07) is 3.18. The third-order valence-corrected chi connectivity index (χ3v) is 6.20. The van der Waals surface area contributed by atoms with Crippen molar-refractivity contribution in [2.45, 2.75) is 29.8 Å². The van der Waals surface area contributed by atoms with Gasteiger partial charge in [0.1, 0.15) is 5.82 Å². The van der Waals surface area contributed by atoms with Gasteiger partial charge in [-0.1, -0.05) is 5.16 Å². The molecule has 1 aromatic carbocycles. The summed E-state index contributed by atoms with van der Waals surface area (Å²) in [6.07, 6.45) is -4.01. The first kappa shape index (κ1) is 18.6. The Bertz CT molecular complexity index is 903. The van der Waals surface area contributed by atoms with E-state index in [2.05, 4.69) is 5.16 Å². The zero-order chi connectivity index (χ0) is 19.1. The Labute approximate surface area is 146 Å². The average Bonchev–Trinajstić information content (AvgIpc) is 3.00. The van der Waals surface area contributed by atoms with Crippen LogP contribution in [0.25, 0.3) is 0 Å². The molecule has 1 aliphatic rings. The Morgan fingerprint density at radius 2 is 1.85 bits per heavy atom. The zero-order valence-electron chi connectivity index (χ0n) is 13.3. The van der Waals surface area contributed by atoms with Crippen molar-refractivity contribution in [1.29, 1.82) is 0 Å². The van der Waals surface area contributed by atoms with Crippen LogP contribution in [0.3, 0.4) is 0 Å². The molecule has 1 saturated heterocycles. The van der Waals surface area contributed by atoms with Crippen LogP contribution in [0.15, 0.2) is 33.7 Å². The number of nitrogens with two attached hydrogens (primary N) is 1. The molecule has 2 heterocycles. The average molecular weight is 393 g/mol. The summed E-state index contributed by atoms with van der Waals surface area (Å²) in [7, 11) is -4.09. The molecule has 142 valence electrons. The van der Waals surface area contributed by atoms with E-state index in [1.807, 2.05) is 0 Å². The van der Waals surface area contributed by atoms with Gasteiger partial charge in [0.25, 0.3) is 0 Å². The monoisotopic (exact) mass is 393 g/mol. The fourth-order valence-electron chi connectivity index (χ4n) is 2.92. The predicted octanol–water partition coefficient (Wildman–Crippen LogP) is 2.98. The van der Waals surface area contributed by atoms with Gasteiger partial charge in [0.05, 0.1) is 16.2 Å². The molecule has 0 radical (unpaired) electrons. The van der Waals surface area contributed by atoms with Crippen molar-refractivity contribution < 1.29 is 30.5 Å². The summed E-state index contributed by atoms with van der Waals surface area (Å²) >= 11 is 0. The number of nitrogen functional groups attached to an aromatic ring is 1. The van der Waals surface area contributed by atoms with Gasteiger partial charge < -0.3 is 10.3 Å². The van der Waals surface area contributed by atoms with Crippen molar-refractivity contribution in [3.05, 3.63) is 41.3 Å². The summed E-state index contributed by atoms with van der Waals surface area (Å²) in [5.41, 5.74) is 4.59. The molecule has 0 spiro atoms. The molecular weight excluding hydrogens is 378 g/mol. The van der Waals surface area contributed by atoms with Crippen LogP contribution in [0.4, 0.5) is 23.4 Å². The molecule has 11 heteroatoms. The number of rotatable bonds is 3. The molecule has 1 aromatic heterocycles. The fourth-order valence-corrected chi connectivity index (χ4v) is 4.41. The Morgan fingerprint density at radius 1 is 1.19 bits per heavy atom. The van der Waals surface area contributed by atoms with Crippen molar-refractivity contribution in [2.75, 3.05) is 18.8 Å². The van der Waals surface area contributed by atoms with Gasteiger partial charge in [-0.2, -0.15) is 17.5 Å². The van der Waals surface area contributed by atoms with Gasteiger partial charge in [-0.05, 0) is 31.0 Å². The van der Waals surface area contributed by atoms with Crippen LogP contribution in [0.5, 0.6) is 0 Å². The molecule has 0 saturated carbocycles. The zero-order valence-corrected chi connectivity index (χ0v) is 14.1. The van der Waals surface area contributed by atoms with Crippen LogP contribution in [0.2, 0.25) is 0 Å². The highest BCUT2D eigenvalue weighted by Gasteiger charge is 2.36. The maximum absolute atomic E-state index is 13.7. The number of hydrogen-bond acceptors (Lipinski definition) is 5. The molecule has 2 N–H and O–H groups in total. The summed E-state index contributed by atoms with van der Waals surface area (Å²) < 4.78 is 82.6. The second-order valence-corrected chi connectivity index (χ2v) is 7.91. The summed E-state index contributed by atoms with van der Waals surface area (Å²) in [6.45, 7) is 0.255. The molecule has 0 atom stereocenters. The predicted molar refractivity (Wildman–Crippen MR) is 83.1 cm³/mol. The number of hydrogen-bond donors (Lipinski definition) is 1. The standard InChI is InChI=1S/C15H15F4N3O3S/c16-12-7-10(1-2-11(12)15(17,18)19)26(23,24)22-5-3-9(4-6-22)13-8-14(20)25-21-13/h1-2,7-9H,3-6,20H2. The lowest BCUT2D eigenvalue weighted by Gasteiger charge is -2.30. The first-order chi connectivity index (χ1) is 12.1. The highest BCUT2D eigenvalue weighted by molar-refractivity contribution is 7.89. The lowest BCUT2D eigenvalue weighted by Crippen LogP contribution is -2.38. The van der Waals surface area contributed by atoms with Crippen LogP contribution in [-0.2, 0) is 16.2 Å². The summed E-state index contributed by atoms with van der Waals surface area (Å²) in [4.78, 5) is -0.507. The SMILES string of the molecule is Nc1cc(C2CCN(S(=O)(=O)c3ccc(C(F)(F)F)c(F)c3)CC2)no1. The highest BCUT2D eigenvalue weighted by atomic mass is 32.2. The second-order valence-electron chi connectivity index (χ2n) is 5.97. The molecule has 0 aliphatic carbocycles. The van der Waals surface area contributed by atoms with Gasteiger partial charge in [-0.15, -0.1) is 0 Å². The maximum atomic E-state index is 13.7. The summed E-state index contributed by atoms with van der Waals surface area (Å²) in [5, 5.41) is 3.81. The third-order valence-electron chi connectivity index (χ3n) is 4.30. The number of aromatic nitrogens is 1. The van der Waals surface area contributed by atoms with Crippen molar-refractivity contribution in [2.24, 2.45) is 0 Å². The van der Waals surface area contributed by atoms with Crippen molar-refractivity contribution in [1.82, 2.24) is 9.46 Å². The quantitative estimate of drug-likeness (QED) is 0.810. The molecule has 0 amide bonds. The topological polar surface area (TPSA) is 89.4 Å². The van der Waals surface area contributed by atoms with Crippen LogP contribution in [-0.4, -0.2) is 31.0 Å². The Balaban J connectivity index is 1.76. The van der Waals surface area contributed by atoms with E-state index in [1.165, 1.54) is 0 Å². The smallest absolute Gasteiger partial charge is 0.368 e. The number of alkyl halides is 3. The van der Waals surface area contributed by atoms with E-state index < -0.39 is 32.5 Å². The largest absolute Gasteiger partial charge is 0.419 e. The number of sulfonamides is 1. The van der Waals surface area contributed by atoms with Gasteiger partial charge in [0, 0.05) is 25.1 Å². The lowest BCUT2D eigenvalue weighted by molar-refractivity contribution is -0.140. The molecule has 0 bridgehead atoms. The lowest BCUT2D eigenvalue weighted by atomic mass is 9.95. The molecule has 2 aromatic rings. The highest BCUT2D eigenvalue weighted by Crippen LogP contribution is 2.34. The molecular formula is C15H15F4N3O3S. The van der Waals surface area contributed by atoms with Crippen molar-refractivity contribution >= 4 is 15.9 Å². The molecule has 1 aliphatic heterocycles. The van der Waals surface area contributed by atoms with Gasteiger partial charge in [-0.3, -0.25) is 0 Å². The Morgan fingerprint density at radius 3 is 2.35 bits per heavy atom. The van der Waals surface area contributed by atoms with E-state index in [-0.39, 0.29) is 24.9 Å². The maximum Gasteiger partial charge on any atom is 0.419 e. The van der Waals surface area contributed by atoms with E-state index in [0.717, 1.165) is 10.4 Å². The third kappa shape index (κ3) is 3.54. The van der Waals surface area contributed by atoms with Crippen LogP contribution in [0.1, 0.15) is 30.0 Å². The van der Waals surface area contributed by atoms with E-state index in [9.17, 15) is 26.0 Å². The minimum atomic E-state index is -4.88. The fraction of sp³-hybridized carbons (Fsp3) is 0.400. The first-order valence-corrected chi connectivity index (χ1v) is 9.12. The molecule has 6 nitrogen and oxygen atoms in total. The number of halogens is 4. The van der Waals surface area contributed by atoms with Crippen LogP contribution < -0.4 is 5.73 Å².